The van der Waals surface area contributed by atoms with Gasteiger partial charge in [0.05, 0.1) is 0 Å². The molecule has 3 heteroatoms. The molecule has 2 nitrogen and oxygen atoms in total. The molecule has 2 fully saturated rings. The summed E-state index contributed by atoms with van der Waals surface area (Å²) in [5.41, 5.74) is 0. The Bertz CT molecular complexity index is 389. The van der Waals surface area contributed by atoms with Gasteiger partial charge in [-0.15, -0.1) is 0 Å². The monoisotopic (exact) mass is 458 g/mol. The average Bonchev–Trinajstić information content (AvgIpc) is 2.98. The van der Waals surface area contributed by atoms with Crippen LogP contribution in [0.25, 0.3) is 0 Å². The zero-order chi connectivity index (χ0) is 18.3. The molecule has 0 bridgehead atoms. The Kier molecular flexibility index (Phi) is 8.81. The van der Waals surface area contributed by atoms with Crippen LogP contribution in [-0.2, 0) is 4.74 Å². The van der Waals surface area contributed by atoms with E-state index in [1.807, 2.05) is 6.08 Å². The quantitative estimate of drug-likeness (QED) is 0.278. The van der Waals surface area contributed by atoms with Gasteiger partial charge >= 0.3 is 161 Å². The summed E-state index contributed by atoms with van der Waals surface area (Å²) in [6.07, 6.45) is 14.6. The van der Waals surface area contributed by atoms with Crippen LogP contribution in [0.5, 0.6) is 0 Å². The first-order valence-electron chi connectivity index (χ1n) is 11.1. The number of unbranched alkanes of at least 4 members (excludes halogenated alkanes) is 3. The molecule has 0 amide bonds. The van der Waals surface area contributed by atoms with E-state index >= 15 is 0 Å². The molecule has 2 rings (SSSR count). The Hall–Kier alpha value is 0.459. The molecule has 0 aromatic carbocycles. The topological polar surface area (TPSA) is 29.5 Å². The zero-order valence-corrected chi connectivity index (χ0v) is 19.9. The number of hydrogen-bond donors (Lipinski definition) is 1. The molecule has 0 spiro atoms. The van der Waals surface area contributed by atoms with Crippen LogP contribution in [0, 0.1) is 5.92 Å². The summed E-state index contributed by atoms with van der Waals surface area (Å²) in [4.78, 5) is 0. The van der Waals surface area contributed by atoms with Crippen LogP contribution in [0.15, 0.2) is 12.7 Å². The van der Waals surface area contributed by atoms with E-state index in [1.165, 1.54) is 44.9 Å². The van der Waals surface area contributed by atoms with Crippen LogP contribution in [0.2, 0.25) is 17.2 Å². The van der Waals surface area contributed by atoms with Crippen molar-refractivity contribution in [2.75, 3.05) is 0 Å². The Morgan fingerprint density at radius 3 is 2.12 bits per heavy atom. The van der Waals surface area contributed by atoms with Crippen molar-refractivity contribution in [2.24, 2.45) is 5.92 Å². The van der Waals surface area contributed by atoms with Gasteiger partial charge in [-0.3, -0.25) is 0 Å². The molecular formula is C22H42O2Sn. The average molecular weight is 457 g/mol. The SMILES string of the molecule is C=CC1CC2[CH]([Sn]([CH2]CCC)([CH2]CCC)[CH2]CCC)CCCC2(O)O1. The predicted octanol–water partition coefficient (Wildman–Crippen LogP) is 6.67. The van der Waals surface area contributed by atoms with E-state index in [2.05, 4.69) is 27.4 Å². The summed E-state index contributed by atoms with van der Waals surface area (Å²) in [5, 5.41) is 11.3. The van der Waals surface area contributed by atoms with Crippen LogP contribution in [0.4, 0.5) is 0 Å². The number of ether oxygens (including phenoxy) is 1. The van der Waals surface area contributed by atoms with Gasteiger partial charge in [0.15, 0.2) is 0 Å². The van der Waals surface area contributed by atoms with Crippen LogP contribution in [-0.4, -0.2) is 35.4 Å². The molecule has 0 aromatic heterocycles. The summed E-state index contributed by atoms with van der Waals surface area (Å²) < 4.78 is 11.6. The summed E-state index contributed by atoms with van der Waals surface area (Å²) >= 11 is -2.33. The van der Waals surface area contributed by atoms with E-state index in [1.54, 1.807) is 13.3 Å². The molecule has 0 aromatic rings. The number of hydrogen-bond acceptors (Lipinski definition) is 2. The summed E-state index contributed by atoms with van der Waals surface area (Å²) in [6, 6.07) is 0. The molecule has 146 valence electrons. The normalized spacial score (nSPS) is 32.6. The van der Waals surface area contributed by atoms with Crippen LogP contribution in [0.3, 0.4) is 0 Å². The van der Waals surface area contributed by atoms with Gasteiger partial charge in [0.25, 0.3) is 0 Å². The summed E-state index contributed by atoms with van der Waals surface area (Å²) in [7, 11) is 0. The van der Waals surface area contributed by atoms with Gasteiger partial charge in [-0.1, -0.05) is 0 Å². The zero-order valence-electron chi connectivity index (χ0n) is 17.1. The summed E-state index contributed by atoms with van der Waals surface area (Å²) in [5.74, 6) is -0.445. The maximum atomic E-state index is 11.3. The Morgan fingerprint density at radius 2 is 1.64 bits per heavy atom. The molecule has 0 radical (unpaired) electrons. The van der Waals surface area contributed by atoms with Crippen molar-refractivity contribution in [3.63, 3.8) is 0 Å². The first kappa shape index (κ1) is 21.8. The molecule has 4 unspecified atom stereocenters. The fourth-order valence-electron chi connectivity index (χ4n) is 5.73. The second-order valence-corrected chi connectivity index (χ2v) is 22.9. The van der Waals surface area contributed by atoms with Gasteiger partial charge in [0.1, 0.15) is 0 Å². The molecule has 4 atom stereocenters. The number of rotatable bonds is 11. The molecular weight excluding hydrogens is 415 g/mol. The van der Waals surface area contributed by atoms with Crippen molar-refractivity contribution in [1.82, 2.24) is 0 Å². The van der Waals surface area contributed by atoms with Crippen LogP contribution < -0.4 is 0 Å². The number of fused-ring (bicyclic) bond motifs is 1. The second kappa shape index (κ2) is 10.1. The third-order valence-electron chi connectivity index (χ3n) is 7.09. The van der Waals surface area contributed by atoms with Gasteiger partial charge in [0.2, 0.25) is 0 Å². The van der Waals surface area contributed by atoms with Crippen molar-refractivity contribution >= 4 is 18.4 Å². The van der Waals surface area contributed by atoms with Gasteiger partial charge in [-0.25, -0.2) is 0 Å². The van der Waals surface area contributed by atoms with Gasteiger partial charge in [0, 0.05) is 0 Å². The molecule has 1 N–H and O–H groups in total. The minimum absolute atomic E-state index is 0.0723. The van der Waals surface area contributed by atoms with E-state index in [4.69, 9.17) is 4.74 Å². The van der Waals surface area contributed by atoms with Crippen molar-refractivity contribution in [3.8, 4) is 0 Å². The van der Waals surface area contributed by atoms with Gasteiger partial charge in [-0.05, 0) is 0 Å². The Morgan fingerprint density at radius 1 is 1.08 bits per heavy atom. The molecule has 1 heterocycles. The van der Waals surface area contributed by atoms with Crippen molar-refractivity contribution in [3.05, 3.63) is 12.7 Å². The summed E-state index contributed by atoms with van der Waals surface area (Å²) in [6.45, 7) is 11.0. The molecule has 1 saturated heterocycles. The van der Waals surface area contributed by atoms with Gasteiger partial charge in [-0.2, -0.15) is 0 Å². The predicted molar refractivity (Wildman–Crippen MR) is 111 cm³/mol. The van der Waals surface area contributed by atoms with E-state index in [0.29, 0.717) is 5.92 Å². The molecule has 1 aliphatic carbocycles. The standard InChI is InChI=1S/C10H15O2.3C4H9.Sn/c1-2-9-7-8-5-3-4-6-10(8,11)12-9;3*1-3-4-2;/h2,5,8-9,11H,1,3-4,6-7H2;3*1,3-4H2,2H3;. The van der Waals surface area contributed by atoms with Crippen molar-refractivity contribution in [2.45, 2.75) is 114 Å². The first-order chi connectivity index (χ1) is 12.0. The molecule has 1 aliphatic heterocycles. The third kappa shape index (κ3) is 5.04. The van der Waals surface area contributed by atoms with E-state index < -0.39 is 24.2 Å². The molecule has 25 heavy (non-hydrogen) atoms. The maximum absolute atomic E-state index is 11.3. The Balaban J connectivity index is 2.30. The number of aliphatic hydroxyl groups is 1. The first-order valence-corrected chi connectivity index (χ1v) is 18.8. The Labute approximate surface area is 160 Å². The fourth-order valence-corrected chi connectivity index (χ4v) is 26.0. The van der Waals surface area contributed by atoms with Crippen LogP contribution in [0.1, 0.15) is 85.0 Å². The van der Waals surface area contributed by atoms with E-state index in [9.17, 15) is 5.11 Å². The van der Waals surface area contributed by atoms with E-state index in [0.717, 1.165) is 23.2 Å². The molecule has 1 saturated carbocycles. The minimum atomic E-state index is -2.33. The third-order valence-corrected chi connectivity index (χ3v) is 25.1. The van der Waals surface area contributed by atoms with E-state index in [-0.39, 0.29) is 6.10 Å². The fraction of sp³-hybridized carbons (Fsp3) is 0.909. The second-order valence-electron chi connectivity index (χ2n) is 8.75. The van der Waals surface area contributed by atoms with Crippen molar-refractivity contribution < 1.29 is 9.84 Å². The van der Waals surface area contributed by atoms with Crippen molar-refractivity contribution in [1.29, 1.82) is 0 Å². The molecule has 2 aliphatic rings. The van der Waals surface area contributed by atoms with Crippen LogP contribution >= 0.6 is 0 Å². The van der Waals surface area contributed by atoms with Gasteiger partial charge < -0.3 is 0 Å².